The van der Waals surface area contributed by atoms with Crippen molar-refractivity contribution in [1.29, 1.82) is 0 Å². The molecule has 8 amide bonds. The minimum Gasteiger partial charge on any atom is -0.508 e. The Morgan fingerprint density at radius 3 is 1.93 bits per heavy atom. The Hall–Kier alpha value is -5.54. The molecule has 0 radical (unpaired) electrons. The number of rotatable bonds is 20. The number of aliphatic hydroxyl groups excluding tert-OH is 8. The molecule has 1 aromatic rings. The Kier molecular flexibility index (Phi) is 24.3. The van der Waals surface area contributed by atoms with E-state index in [1.807, 2.05) is 0 Å². The predicted molar refractivity (Wildman–Crippen MR) is 270 cm³/mol. The molecule has 3 saturated heterocycles. The van der Waals surface area contributed by atoms with Crippen LogP contribution in [0, 0.1) is 17.8 Å². The van der Waals surface area contributed by atoms with Crippen molar-refractivity contribution in [2.45, 2.75) is 203 Å². The van der Waals surface area contributed by atoms with E-state index in [0.717, 1.165) is 74.6 Å². The van der Waals surface area contributed by atoms with Gasteiger partial charge >= 0.3 is 0 Å². The van der Waals surface area contributed by atoms with E-state index in [0.29, 0.717) is 29.6 Å². The number of nitrogens with one attached hydrogen (secondary N) is 5. The smallest absolute Gasteiger partial charge is 0.248 e. The summed E-state index contributed by atoms with van der Waals surface area (Å²) in [5.41, 5.74) is 5.23. The van der Waals surface area contributed by atoms with Crippen LogP contribution >= 0.6 is 0 Å². The Morgan fingerprint density at radius 2 is 1.32 bits per heavy atom. The van der Waals surface area contributed by atoms with E-state index in [2.05, 4.69) is 47.4 Å². The lowest BCUT2D eigenvalue weighted by molar-refractivity contribution is -0.149. The van der Waals surface area contributed by atoms with Gasteiger partial charge in [0.1, 0.15) is 60.3 Å². The summed E-state index contributed by atoms with van der Waals surface area (Å²) in [6, 6.07) is -7.42. The van der Waals surface area contributed by atoms with Gasteiger partial charge in [-0.3, -0.25) is 38.4 Å². The average Bonchev–Trinajstić information content (AvgIpc) is 3.90. The van der Waals surface area contributed by atoms with Crippen LogP contribution in [0.3, 0.4) is 0 Å². The van der Waals surface area contributed by atoms with Crippen LogP contribution in [0.25, 0.3) is 0 Å². The molecule has 16 N–H and O–H groups in total. The molecule has 0 aliphatic carbocycles. The number of hydrogen-bond donors (Lipinski definition) is 15. The Balaban J connectivity index is 1.71. The summed E-state index contributed by atoms with van der Waals surface area (Å²) in [4.78, 5) is 113. The maximum atomic E-state index is 14.5. The molecular weight excluding hydrogens is 997 g/mol. The van der Waals surface area contributed by atoms with Crippen molar-refractivity contribution in [3.05, 3.63) is 29.8 Å². The maximum Gasteiger partial charge on any atom is 0.248 e. The number of amides is 8. The zero-order chi connectivity index (χ0) is 56.7. The second-order valence-electron chi connectivity index (χ2n) is 21.2. The zero-order valence-corrected chi connectivity index (χ0v) is 44.0. The van der Waals surface area contributed by atoms with Gasteiger partial charge in [0.15, 0.2) is 6.23 Å². The van der Waals surface area contributed by atoms with Crippen molar-refractivity contribution < 1.29 is 84.3 Å². The van der Waals surface area contributed by atoms with E-state index >= 15 is 0 Å². The van der Waals surface area contributed by atoms with E-state index in [1.54, 1.807) is 0 Å². The highest BCUT2D eigenvalue weighted by molar-refractivity contribution is 5.98. The summed E-state index contributed by atoms with van der Waals surface area (Å²) in [6.07, 6.45) is -9.95. The molecule has 17 atom stereocenters. The molecule has 3 aliphatic heterocycles. The lowest BCUT2D eigenvalue weighted by Crippen LogP contribution is -2.64. The van der Waals surface area contributed by atoms with Gasteiger partial charge in [-0.05, 0) is 49.3 Å². The van der Waals surface area contributed by atoms with Crippen LogP contribution in [0.5, 0.6) is 5.75 Å². The number of nitrogens with zero attached hydrogens (tertiary/aromatic N) is 2. The van der Waals surface area contributed by atoms with Crippen LogP contribution in [0.4, 0.5) is 0 Å². The molecule has 0 bridgehead atoms. The number of unbranched alkanes of at least 4 members (excludes halogenated alkanes) is 5. The topological polar surface area (TPSA) is 411 Å². The van der Waals surface area contributed by atoms with E-state index in [1.165, 1.54) is 13.3 Å². The normalized spacial score (nSPS) is 29.8. The van der Waals surface area contributed by atoms with Gasteiger partial charge < -0.3 is 88.1 Å². The van der Waals surface area contributed by atoms with E-state index in [4.69, 9.17) is 5.73 Å². The average molecular weight is 1080 g/mol. The molecule has 2 unspecified atom stereocenters. The van der Waals surface area contributed by atoms with Crippen molar-refractivity contribution in [3.8, 4) is 5.75 Å². The molecule has 3 aliphatic rings. The number of benzene rings is 1. The van der Waals surface area contributed by atoms with Crippen molar-refractivity contribution >= 4 is 47.3 Å². The third-order valence-electron chi connectivity index (χ3n) is 14.7. The van der Waals surface area contributed by atoms with Gasteiger partial charge in [-0.15, -0.1) is 0 Å². The molecule has 0 saturated carbocycles. The summed E-state index contributed by atoms with van der Waals surface area (Å²) in [6.45, 7) is 8.17. The summed E-state index contributed by atoms with van der Waals surface area (Å²) < 4.78 is 0. The van der Waals surface area contributed by atoms with Gasteiger partial charge in [0.05, 0.1) is 30.8 Å². The highest BCUT2D eigenvalue weighted by Crippen LogP contribution is 2.28. The molecule has 4 rings (SSSR count). The number of aliphatic hydroxyl groups is 8. The molecule has 25 heteroatoms. The first-order valence-electron chi connectivity index (χ1n) is 26.4. The number of fused-ring (bicyclic) bond motifs is 2. The Labute approximate surface area is 442 Å². The molecule has 76 heavy (non-hydrogen) atoms. The first-order chi connectivity index (χ1) is 35.7. The number of nitrogens with two attached hydrogens (primary N) is 1. The first-order valence-corrected chi connectivity index (χ1v) is 26.4. The largest absolute Gasteiger partial charge is 0.508 e. The van der Waals surface area contributed by atoms with Crippen molar-refractivity contribution in [2.24, 2.45) is 23.5 Å². The summed E-state index contributed by atoms with van der Waals surface area (Å²) in [7, 11) is 0. The number of carbonyl (C=O) groups is 8. The van der Waals surface area contributed by atoms with Crippen molar-refractivity contribution in [1.82, 2.24) is 36.4 Å². The predicted octanol–water partition coefficient (Wildman–Crippen LogP) is -3.10. The fourth-order valence-electron chi connectivity index (χ4n) is 10.0. The second-order valence-corrected chi connectivity index (χ2v) is 21.2. The van der Waals surface area contributed by atoms with Crippen LogP contribution in [0.15, 0.2) is 24.3 Å². The minimum atomic E-state index is -2.37. The molecular formula is C51H82N8O17. The van der Waals surface area contributed by atoms with E-state index < -0.39 is 171 Å². The number of carbonyl (C=O) groups excluding carboxylic acids is 8. The molecule has 1 aromatic carbocycles. The van der Waals surface area contributed by atoms with Gasteiger partial charge in [-0.25, -0.2) is 0 Å². The number of aromatic hydroxyl groups is 1. The summed E-state index contributed by atoms with van der Waals surface area (Å²) in [5.74, 6) is -9.52. The van der Waals surface area contributed by atoms with E-state index in [-0.39, 0.29) is 17.7 Å². The second kappa shape index (κ2) is 29.3. The van der Waals surface area contributed by atoms with Gasteiger partial charge in [0, 0.05) is 38.3 Å². The molecule has 25 nitrogen and oxygen atoms in total. The van der Waals surface area contributed by atoms with Gasteiger partial charge in [-0.1, -0.05) is 84.8 Å². The standard InChI is InChI=1S/C51H82N8O17/c1-6-25(2)19-26(3)13-11-9-7-8-10-12-14-37(66)53-32-21-35(64)47(72)57-49(74)41-42(67)27(4)23-59(41)51(76)39(34(63)22-36(52)65)55-48(73)40(44(69)43(68)29-15-17-30(61)18-16-29)56-46(71)33-20-31(62)24-58(33)50(75)38(28(5)60)54-45(32)70/h15-18,25-28,31-35,38-44,47,60-64,67-69,72H,6-14,19-24H2,1-5H3,(H2,52,65)(H,53,66)(H,54,70)(H,55,73)(H,56,71)(H,57,74)/t25?,26?,27-,28+,31+,32+,33-,34+,35+,38-,39-,40-,41-,42-,43-,44-,47+/m0/s1. The minimum absolute atomic E-state index is 0.0813. The summed E-state index contributed by atoms with van der Waals surface area (Å²) in [5, 5.41) is 111. The highest BCUT2D eigenvalue weighted by Gasteiger charge is 2.50. The van der Waals surface area contributed by atoms with Crippen LogP contribution in [0.1, 0.15) is 130 Å². The quantitative estimate of drug-likeness (QED) is 0.0575. The highest BCUT2D eigenvalue weighted by atomic mass is 16.3. The number of hydrogen-bond acceptors (Lipinski definition) is 17. The molecule has 0 spiro atoms. The van der Waals surface area contributed by atoms with Crippen LogP contribution < -0.4 is 32.3 Å². The first kappa shape index (κ1) is 63.0. The third kappa shape index (κ3) is 17.5. The van der Waals surface area contributed by atoms with Crippen molar-refractivity contribution in [2.75, 3.05) is 13.1 Å². The van der Waals surface area contributed by atoms with Gasteiger partial charge in [-0.2, -0.15) is 0 Å². The van der Waals surface area contributed by atoms with Crippen molar-refractivity contribution in [3.63, 3.8) is 0 Å². The molecule has 3 fully saturated rings. The zero-order valence-electron chi connectivity index (χ0n) is 44.0. The third-order valence-corrected chi connectivity index (χ3v) is 14.7. The summed E-state index contributed by atoms with van der Waals surface area (Å²) >= 11 is 0. The monoisotopic (exact) mass is 1080 g/mol. The lowest BCUT2D eigenvalue weighted by Gasteiger charge is -2.34. The number of phenols is 1. The Morgan fingerprint density at radius 1 is 0.724 bits per heavy atom. The van der Waals surface area contributed by atoms with Crippen LogP contribution in [-0.4, -0.2) is 195 Å². The Bertz CT molecular complexity index is 2140. The molecule has 3 heterocycles. The van der Waals surface area contributed by atoms with E-state index in [9.17, 15) is 84.3 Å². The number of phenolic OH excluding ortho intramolecular Hbond substituents is 1. The van der Waals surface area contributed by atoms with Gasteiger partial charge in [0.25, 0.3) is 0 Å². The molecule has 428 valence electrons. The van der Waals surface area contributed by atoms with Gasteiger partial charge in [0.2, 0.25) is 47.3 Å². The lowest BCUT2D eigenvalue weighted by atomic mass is 9.91. The number of primary amides is 1. The molecule has 0 aromatic heterocycles. The fraction of sp³-hybridized carbons (Fsp3) is 0.725. The maximum absolute atomic E-state index is 14.5. The van der Waals surface area contributed by atoms with Crippen LogP contribution in [0.2, 0.25) is 0 Å². The fourth-order valence-corrected chi connectivity index (χ4v) is 10.0. The SMILES string of the molecule is CCC(C)CC(C)CCCCCCCCC(=O)N[C@@H]1C[C@@H](O)[C@@H](O)NC(=O)[C@@H]2[C@@H](O)[C@@H](C)CN2C(=O)[C@H]([C@H](O)CC(N)=O)NC(=O)[C@H]([C@H](O)[C@@H](O)c2ccc(O)cc2)NC(=O)[C@@H]2C[C@@H](O)CN2C(=O)[C@H]([C@@H](C)O)NC1=O. The van der Waals surface area contributed by atoms with Crippen LogP contribution in [-0.2, 0) is 38.4 Å².